The fourth-order valence-corrected chi connectivity index (χ4v) is 9.11. The minimum Gasteiger partial charge on any atom is -0.455 e. The standard InChI is InChI=1S/C54H45NO.C8H10/c1-36(2)21-22-39(24-23-38-14-7-6-13-37(38)3)40-25-29-42(30-26-40)55(44-33-34-47-46-15-8-10-19-50(46)54(4,5)51(47)35-44)43-31-27-41(28-32-43)45-17-12-18-49-48-16-9-11-20-52(48)56-53(45)49;1-7-4-3-5-8(2)6-7/h6-35H,1-5H3;3-6H,1-2H3/b24-23+,39-22+;. The van der Waals surface area contributed by atoms with Gasteiger partial charge in [-0.3, -0.25) is 0 Å². The van der Waals surface area contributed by atoms with Crippen molar-refractivity contribution in [3.63, 3.8) is 0 Å². The lowest BCUT2D eigenvalue weighted by molar-refractivity contribution is 0.660. The van der Waals surface area contributed by atoms with Crippen LogP contribution in [0.2, 0.25) is 0 Å². The molecule has 8 aromatic carbocycles. The van der Waals surface area contributed by atoms with Crippen LogP contribution in [0, 0.1) is 20.8 Å². The molecule has 9 aromatic rings. The van der Waals surface area contributed by atoms with Crippen molar-refractivity contribution in [1.82, 2.24) is 0 Å². The zero-order chi connectivity index (χ0) is 44.4. The average Bonchev–Trinajstić information content (AvgIpc) is 3.79. The van der Waals surface area contributed by atoms with Gasteiger partial charge in [0.05, 0.1) is 0 Å². The van der Waals surface area contributed by atoms with E-state index in [1.54, 1.807) is 0 Å². The second-order valence-electron chi connectivity index (χ2n) is 17.8. The van der Waals surface area contributed by atoms with Gasteiger partial charge >= 0.3 is 0 Å². The molecule has 0 saturated carbocycles. The number of hydrogen-bond donors (Lipinski definition) is 0. The minimum atomic E-state index is -0.110. The smallest absolute Gasteiger partial charge is 0.143 e. The van der Waals surface area contributed by atoms with Gasteiger partial charge in [-0.05, 0) is 127 Å². The van der Waals surface area contributed by atoms with Gasteiger partial charge in [-0.25, -0.2) is 0 Å². The molecular weight excluding hydrogens is 775 g/mol. The molecule has 64 heavy (non-hydrogen) atoms. The van der Waals surface area contributed by atoms with Crippen molar-refractivity contribution >= 4 is 50.6 Å². The van der Waals surface area contributed by atoms with E-state index < -0.39 is 0 Å². The summed E-state index contributed by atoms with van der Waals surface area (Å²) >= 11 is 0. The predicted octanol–water partition coefficient (Wildman–Crippen LogP) is 17.7. The fourth-order valence-electron chi connectivity index (χ4n) is 9.11. The lowest BCUT2D eigenvalue weighted by atomic mass is 9.82. The lowest BCUT2D eigenvalue weighted by Crippen LogP contribution is -2.16. The van der Waals surface area contributed by atoms with Gasteiger partial charge in [0.25, 0.3) is 0 Å². The van der Waals surface area contributed by atoms with Crippen molar-refractivity contribution in [2.75, 3.05) is 4.90 Å². The van der Waals surface area contributed by atoms with Gasteiger partial charge in [0.1, 0.15) is 11.2 Å². The van der Waals surface area contributed by atoms with E-state index in [1.807, 2.05) is 12.1 Å². The van der Waals surface area contributed by atoms with Crippen molar-refractivity contribution < 1.29 is 4.42 Å². The summed E-state index contributed by atoms with van der Waals surface area (Å²) in [5.41, 5.74) is 21.3. The Labute approximate surface area is 379 Å². The Bertz CT molecular complexity index is 3200. The first-order chi connectivity index (χ1) is 31.0. The van der Waals surface area contributed by atoms with Crippen LogP contribution in [0.4, 0.5) is 17.1 Å². The lowest BCUT2D eigenvalue weighted by Gasteiger charge is -2.28. The molecule has 314 valence electrons. The second kappa shape index (κ2) is 17.8. The first-order valence-corrected chi connectivity index (χ1v) is 22.3. The molecule has 0 aliphatic heterocycles. The molecule has 0 amide bonds. The summed E-state index contributed by atoms with van der Waals surface area (Å²) in [7, 11) is 0. The number of benzene rings is 8. The van der Waals surface area contributed by atoms with E-state index in [2.05, 4.69) is 248 Å². The fraction of sp³-hybridized carbons (Fsp3) is 0.129. The van der Waals surface area contributed by atoms with E-state index in [0.717, 1.165) is 61.3 Å². The Balaban J connectivity index is 0.000000586. The molecular formula is C62H55NO. The van der Waals surface area contributed by atoms with Crippen LogP contribution in [-0.2, 0) is 5.41 Å². The third kappa shape index (κ3) is 8.40. The molecule has 2 heteroatoms. The van der Waals surface area contributed by atoms with Gasteiger partial charge in [0.2, 0.25) is 0 Å². The number of allylic oxidation sites excluding steroid dienone is 5. The summed E-state index contributed by atoms with van der Waals surface area (Å²) < 4.78 is 6.43. The molecule has 1 aliphatic rings. The van der Waals surface area contributed by atoms with E-state index in [4.69, 9.17) is 4.42 Å². The number of aryl methyl sites for hydroxylation is 3. The summed E-state index contributed by atoms with van der Waals surface area (Å²) in [5.74, 6) is 0. The van der Waals surface area contributed by atoms with E-state index in [9.17, 15) is 0 Å². The van der Waals surface area contributed by atoms with Crippen molar-refractivity contribution in [2.45, 2.75) is 53.9 Å². The number of fused-ring (bicyclic) bond motifs is 6. The molecule has 0 bridgehead atoms. The summed E-state index contributed by atoms with van der Waals surface area (Å²) in [6.07, 6.45) is 8.86. The number of furan rings is 1. The second-order valence-corrected chi connectivity index (χ2v) is 17.8. The first-order valence-electron chi connectivity index (χ1n) is 22.3. The van der Waals surface area contributed by atoms with Gasteiger partial charge in [-0.1, -0.05) is 194 Å². The quantitative estimate of drug-likeness (QED) is 0.142. The highest BCUT2D eigenvalue weighted by Gasteiger charge is 2.35. The van der Waals surface area contributed by atoms with Crippen LogP contribution in [-0.4, -0.2) is 0 Å². The molecule has 0 unspecified atom stereocenters. The number of para-hydroxylation sites is 2. The SMILES string of the molecule is CC(C)=C/C=C(\C=C\c1ccccc1C)c1ccc(N(c2ccc(-c3cccc4c3oc3ccccc34)cc2)c2ccc3c(c2)C(C)(C)c2ccccc2-3)cc1.Cc1cccc(C)c1. The van der Waals surface area contributed by atoms with Crippen molar-refractivity contribution in [3.05, 3.63) is 245 Å². The van der Waals surface area contributed by atoms with Crippen molar-refractivity contribution in [1.29, 1.82) is 0 Å². The largest absolute Gasteiger partial charge is 0.455 e. The van der Waals surface area contributed by atoms with Crippen LogP contribution in [0.3, 0.4) is 0 Å². The van der Waals surface area contributed by atoms with Gasteiger partial charge in [0.15, 0.2) is 0 Å². The number of anilines is 3. The van der Waals surface area contributed by atoms with E-state index in [1.165, 1.54) is 50.1 Å². The maximum Gasteiger partial charge on any atom is 0.143 e. The first kappa shape index (κ1) is 41.9. The van der Waals surface area contributed by atoms with Crippen LogP contribution in [0.5, 0.6) is 0 Å². The normalized spacial score (nSPS) is 12.8. The van der Waals surface area contributed by atoms with Crippen LogP contribution >= 0.6 is 0 Å². The molecule has 0 radical (unpaired) electrons. The summed E-state index contributed by atoms with van der Waals surface area (Å²) in [4.78, 5) is 2.39. The summed E-state index contributed by atoms with van der Waals surface area (Å²) in [5, 5.41) is 2.28. The van der Waals surface area contributed by atoms with E-state index in [-0.39, 0.29) is 5.41 Å². The van der Waals surface area contributed by atoms with E-state index >= 15 is 0 Å². The molecule has 0 fully saturated rings. The molecule has 1 aliphatic carbocycles. The molecule has 0 spiro atoms. The monoisotopic (exact) mass is 829 g/mol. The molecule has 2 nitrogen and oxygen atoms in total. The van der Waals surface area contributed by atoms with Crippen molar-refractivity contribution in [3.8, 4) is 22.3 Å². The van der Waals surface area contributed by atoms with Gasteiger partial charge in [-0.2, -0.15) is 0 Å². The van der Waals surface area contributed by atoms with E-state index in [0.29, 0.717) is 0 Å². The molecule has 1 aromatic heterocycles. The summed E-state index contributed by atoms with van der Waals surface area (Å²) in [6.45, 7) is 15.3. The number of nitrogens with zero attached hydrogens (tertiary/aromatic N) is 1. The van der Waals surface area contributed by atoms with Crippen LogP contribution in [0.15, 0.2) is 210 Å². The zero-order valence-electron chi connectivity index (χ0n) is 38.0. The highest BCUT2D eigenvalue weighted by atomic mass is 16.3. The number of rotatable bonds is 8. The van der Waals surface area contributed by atoms with Crippen molar-refractivity contribution in [2.24, 2.45) is 0 Å². The molecule has 0 N–H and O–H groups in total. The highest BCUT2D eigenvalue weighted by Crippen LogP contribution is 2.50. The Morgan fingerprint density at radius 3 is 1.84 bits per heavy atom. The Morgan fingerprint density at radius 1 is 0.516 bits per heavy atom. The molecule has 1 heterocycles. The molecule has 0 saturated heterocycles. The van der Waals surface area contributed by atoms with Crippen LogP contribution in [0.25, 0.3) is 55.8 Å². The van der Waals surface area contributed by atoms with Gasteiger partial charge < -0.3 is 9.32 Å². The maximum absolute atomic E-state index is 6.43. The molecule has 10 rings (SSSR count). The Morgan fingerprint density at radius 2 is 1.12 bits per heavy atom. The zero-order valence-corrected chi connectivity index (χ0v) is 38.0. The average molecular weight is 830 g/mol. The maximum atomic E-state index is 6.43. The minimum absolute atomic E-state index is 0.110. The predicted molar refractivity (Wildman–Crippen MR) is 275 cm³/mol. The van der Waals surface area contributed by atoms with Gasteiger partial charge in [-0.15, -0.1) is 0 Å². The third-order valence-corrected chi connectivity index (χ3v) is 12.5. The third-order valence-electron chi connectivity index (χ3n) is 12.5. The van der Waals surface area contributed by atoms with Crippen LogP contribution in [0.1, 0.15) is 66.6 Å². The Hall–Kier alpha value is -7.42. The van der Waals surface area contributed by atoms with Crippen LogP contribution < -0.4 is 4.90 Å². The number of hydrogen-bond acceptors (Lipinski definition) is 2. The topological polar surface area (TPSA) is 16.4 Å². The highest BCUT2D eigenvalue weighted by molar-refractivity contribution is 6.09. The Kier molecular flexibility index (Phi) is 11.6. The summed E-state index contributed by atoms with van der Waals surface area (Å²) in [6, 6.07) is 65.4. The van der Waals surface area contributed by atoms with Gasteiger partial charge in [0, 0.05) is 38.8 Å². The molecule has 0 atom stereocenters.